The Hall–Kier alpha value is -3.62. The second-order valence-electron chi connectivity index (χ2n) is 9.47. The molecule has 1 saturated heterocycles. The largest absolute Gasteiger partial charge is 0.507 e. The van der Waals surface area contributed by atoms with Gasteiger partial charge in [-0.2, -0.15) is 0 Å². The maximum Gasteiger partial charge on any atom is 0.218 e. The highest BCUT2D eigenvalue weighted by molar-refractivity contribution is 6.34. The Kier molecular flexibility index (Phi) is 8.00. The zero-order valence-electron chi connectivity index (χ0n) is 21.0. The van der Waals surface area contributed by atoms with Crippen LogP contribution in [-0.2, 0) is 4.79 Å². The van der Waals surface area contributed by atoms with Crippen molar-refractivity contribution >= 4 is 29.5 Å². The number of aliphatic hydroxyl groups is 1. The number of hydrogen-bond acceptors (Lipinski definition) is 6. The van der Waals surface area contributed by atoms with E-state index in [2.05, 4.69) is 4.98 Å². The first-order valence-electron chi connectivity index (χ1n) is 12.0. The van der Waals surface area contributed by atoms with Crippen LogP contribution >= 0.6 is 11.6 Å². The van der Waals surface area contributed by atoms with E-state index in [9.17, 15) is 19.4 Å². The fourth-order valence-electron chi connectivity index (χ4n) is 4.32. The van der Waals surface area contributed by atoms with Gasteiger partial charge in [-0.3, -0.25) is 9.69 Å². The van der Waals surface area contributed by atoms with E-state index in [1.807, 2.05) is 25.9 Å². The molecule has 4 rings (SSSR count). The van der Waals surface area contributed by atoms with Crippen LogP contribution in [0.2, 0.25) is 5.02 Å². The minimum Gasteiger partial charge on any atom is -0.507 e. The van der Waals surface area contributed by atoms with Crippen molar-refractivity contribution in [3.63, 3.8) is 0 Å². The van der Waals surface area contributed by atoms with E-state index in [0.29, 0.717) is 41.2 Å². The Morgan fingerprint density at radius 1 is 1.11 bits per heavy atom. The van der Waals surface area contributed by atoms with E-state index < -0.39 is 11.9 Å². The van der Waals surface area contributed by atoms with Crippen molar-refractivity contribution in [3.8, 4) is 28.0 Å². The van der Waals surface area contributed by atoms with Crippen LogP contribution in [0.5, 0.6) is 5.75 Å². The van der Waals surface area contributed by atoms with E-state index in [1.54, 1.807) is 53.8 Å². The number of benzene rings is 2. The van der Waals surface area contributed by atoms with Crippen LogP contribution in [0.1, 0.15) is 13.3 Å². The Morgan fingerprint density at radius 2 is 1.81 bits per heavy atom. The van der Waals surface area contributed by atoms with Gasteiger partial charge in [-0.1, -0.05) is 24.6 Å². The Balaban J connectivity index is 1.69. The lowest BCUT2D eigenvalue weighted by Gasteiger charge is -2.35. The number of aromatic hydroxyl groups is 1. The first-order valence-corrected chi connectivity index (χ1v) is 12.4. The maximum atomic E-state index is 14.8. The van der Waals surface area contributed by atoms with Crippen molar-refractivity contribution in [1.82, 2.24) is 9.88 Å². The molecular weight excluding hydrogens is 495 g/mol. The van der Waals surface area contributed by atoms with Crippen LogP contribution in [0.4, 0.5) is 15.9 Å². The number of hydrogen-bond donors (Lipinski definition) is 2. The lowest BCUT2D eigenvalue weighted by atomic mass is 9.95. The number of phenols is 1. The number of nitrogens with zero attached hydrogens (tertiary/aromatic N) is 4. The fraction of sp³-hybridized carbons (Fsp3) is 0.286. The number of aliphatic hydroxyl groups excluding tert-OH is 1. The molecule has 0 radical (unpaired) electrons. The SMILES string of the molecule is CC1CCN(c2cc(-c3cc(F)cc(-c4ccc(N(C=O)/C=C\N(C)C)c(Cl)c4)c3O)ccn2)CC1O. The number of carbonyl (C=O) groups excluding carboxylic acids is 1. The number of β-amino-alcohol motifs (C(OH)–C–C–N with tert-alkyl or cyclic N) is 1. The molecule has 1 aliphatic rings. The minimum atomic E-state index is -0.521. The number of halogens is 2. The highest BCUT2D eigenvalue weighted by Crippen LogP contribution is 2.41. The first-order chi connectivity index (χ1) is 17.7. The summed E-state index contributed by atoms with van der Waals surface area (Å²) in [5, 5.41) is 21.7. The summed E-state index contributed by atoms with van der Waals surface area (Å²) < 4.78 is 14.8. The van der Waals surface area contributed by atoms with Crippen molar-refractivity contribution in [3.05, 3.63) is 71.9 Å². The molecule has 1 fully saturated rings. The first kappa shape index (κ1) is 26.4. The second kappa shape index (κ2) is 11.2. The quantitative estimate of drug-likeness (QED) is 0.418. The molecule has 9 heteroatoms. The van der Waals surface area contributed by atoms with Gasteiger partial charge in [-0.15, -0.1) is 0 Å². The van der Waals surface area contributed by atoms with E-state index in [1.165, 1.54) is 17.0 Å². The number of pyridine rings is 1. The zero-order chi connectivity index (χ0) is 26.7. The van der Waals surface area contributed by atoms with Gasteiger partial charge in [0.2, 0.25) is 6.41 Å². The van der Waals surface area contributed by atoms with Crippen LogP contribution in [0.15, 0.2) is 61.1 Å². The normalized spacial score (nSPS) is 17.7. The van der Waals surface area contributed by atoms with Crippen molar-refractivity contribution in [2.45, 2.75) is 19.4 Å². The van der Waals surface area contributed by atoms with Crippen molar-refractivity contribution in [1.29, 1.82) is 0 Å². The van der Waals surface area contributed by atoms with Crippen LogP contribution in [0.3, 0.4) is 0 Å². The molecule has 3 aromatic rings. The number of piperidine rings is 1. The van der Waals surface area contributed by atoms with Crippen LogP contribution in [0, 0.1) is 11.7 Å². The molecule has 2 heterocycles. The van der Waals surface area contributed by atoms with Gasteiger partial charge in [0.05, 0.1) is 16.8 Å². The number of anilines is 2. The average molecular weight is 525 g/mol. The van der Waals surface area contributed by atoms with E-state index >= 15 is 0 Å². The molecule has 1 amide bonds. The molecule has 2 unspecified atom stereocenters. The van der Waals surface area contributed by atoms with Gasteiger partial charge in [-0.05, 0) is 59.9 Å². The highest BCUT2D eigenvalue weighted by atomic mass is 35.5. The molecule has 0 saturated carbocycles. The molecule has 2 atom stereocenters. The number of rotatable bonds is 7. The molecule has 2 N–H and O–H groups in total. The zero-order valence-corrected chi connectivity index (χ0v) is 21.7. The third kappa shape index (κ3) is 5.87. The predicted molar refractivity (Wildman–Crippen MR) is 145 cm³/mol. The number of amides is 1. The summed E-state index contributed by atoms with van der Waals surface area (Å²) in [5.41, 5.74) is 2.13. The number of phenolic OH excluding ortho intramolecular Hbond substituents is 1. The van der Waals surface area contributed by atoms with Gasteiger partial charge in [0.25, 0.3) is 0 Å². The summed E-state index contributed by atoms with van der Waals surface area (Å²) in [7, 11) is 3.66. The third-order valence-electron chi connectivity index (χ3n) is 6.55. The third-order valence-corrected chi connectivity index (χ3v) is 6.85. The van der Waals surface area contributed by atoms with Gasteiger partial charge in [-0.25, -0.2) is 9.37 Å². The van der Waals surface area contributed by atoms with Crippen LogP contribution in [-0.4, -0.2) is 59.8 Å². The summed E-state index contributed by atoms with van der Waals surface area (Å²) >= 11 is 6.49. The number of aromatic nitrogens is 1. The van der Waals surface area contributed by atoms with Gasteiger partial charge in [0.1, 0.15) is 17.4 Å². The standard InChI is InChI=1S/C28H30ClFN4O3/c1-18-7-9-33(16-26(18)36)27-13-20(6-8-31-27)23-15-21(30)14-22(28(23)37)19-4-5-25(24(29)12-19)34(17-35)11-10-32(2)3/h4-6,8,10-15,17-18,26,36-37H,7,9,16H2,1-3H3/b11-10-. The predicted octanol–water partition coefficient (Wildman–Crippen LogP) is 5.12. The Bertz CT molecular complexity index is 1320. The van der Waals surface area contributed by atoms with Crippen molar-refractivity contribution < 1.29 is 19.4 Å². The maximum absolute atomic E-state index is 14.8. The molecular formula is C28H30ClFN4O3. The minimum absolute atomic E-state index is 0.102. The molecule has 194 valence electrons. The molecule has 1 aliphatic heterocycles. The van der Waals surface area contributed by atoms with E-state index in [-0.39, 0.29) is 22.3 Å². The molecule has 37 heavy (non-hydrogen) atoms. The highest BCUT2D eigenvalue weighted by Gasteiger charge is 2.25. The molecule has 2 aromatic carbocycles. The van der Waals surface area contributed by atoms with Crippen molar-refractivity contribution in [2.75, 3.05) is 37.0 Å². The van der Waals surface area contributed by atoms with Crippen LogP contribution in [0.25, 0.3) is 22.3 Å². The summed E-state index contributed by atoms with van der Waals surface area (Å²) in [6.45, 7) is 3.24. The van der Waals surface area contributed by atoms with Gasteiger partial charge in [0.15, 0.2) is 0 Å². The molecule has 1 aromatic heterocycles. The average Bonchev–Trinajstić information content (AvgIpc) is 2.88. The van der Waals surface area contributed by atoms with E-state index in [4.69, 9.17) is 11.6 Å². The summed E-state index contributed by atoms with van der Waals surface area (Å²) in [5.74, 6) is 0.248. The molecule has 0 aliphatic carbocycles. The topological polar surface area (TPSA) is 80.1 Å². The smallest absolute Gasteiger partial charge is 0.218 e. The lowest BCUT2D eigenvalue weighted by molar-refractivity contribution is -0.106. The van der Waals surface area contributed by atoms with Gasteiger partial charge < -0.3 is 20.0 Å². The Morgan fingerprint density at radius 3 is 2.43 bits per heavy atom. The molecule has 7 nitrogen and oxygen atoms in total. The molecule has 0 spiro atoms. The monoisotopic (exact) mass is 524 g/mol. The lowest BCUT2D eigenvalue weighted by Crippen LogP contribution is -2.43. The van der Waals surface area contributed by atoms with Crippen LogP contribution < -0.4 is 9.80 Å². The van der Waals surface area contributed by atoms with E-state index in [0.717, 1.165) is 13.0 Å². The molecule has 0 bridgehead atoms. The fourth-order valence-corrected chi connectivity index (χ4v) is 4.59. The van der Waals surface area contributed by atoms with Gasteiger partial charge >= 0.3 is 0 Å². The number of carbonyl (C=O) groups is 1. The van der Waals surface area contributed by atoms with Crippen molar-refractivity contribution in [2.24, 2.45) is 5.92 Å². The summed E-state index contributed by atoms with van der Waals surface area (Å²) in [6, 6.07) is 10.9. The summed E-state index contributed by atoms with van der Waals surface area (Å²) in [4.78, 5) is 21.1. The second-order valence-corrected chi connectivity index (χ2v) is 9.88. The Labute approximate surface area is 221 Å². The summed E-state index contributed by atoms with van der Waals surface area (Å²) in [6.07, 6.45) is 5.93. The van der Waals surface area contributed by atoms with Gasteiger partial charge in [0, 0.05) is 56.9 Å².